The Hall–Kier alpha value is -3.18. The molecule has 1 aromatic heterocycles. The molecule has 184 valence electrons. The van der Waals surface area contributed by atoms with Crippen LogP contribution in [0, 0.1) is 18.2 Å². The van der Waals surface area contributed by atoms with Gasteiger partial charge in [0.2, 0.25) is 5.88 Å². The second kappa shape index (κ2) is 11.5. The molecule has 0 bridgehead atoms. The highest BCUT2D eigenvalue weighted by Crippen LogP contribution is 2.37. The molecule has 1 aliphatic rings. The minimum Gasteiger partial charge on any atom is -0.435 e. The SMILES string of the molecule is C#CCOCC(O)CN(Cc1c(C(C)C)nn(-c2ccccc2)c1Oc1ccccc1F)C1CC1. The maximum atomic E-state index is 14.6. The van der Waals surface area contributed by atoms with E-state index < -0.39 is 11.9 Å². The quantitative estimate of drug-likeness (QED) is 0.297. The average molecular weight is 478 g/mol. The van der Waals surface area contributed by atoms with E-state index in [0.29, 0.717) is 25.0 Å². The molecule has 3 aromatic rings. The second-order valence-corrected chi connectivity index (χ2v) is 9.14. The summed E-state index contributed by atoms with van der Waals surface area (Å²) in [7, 11) is 0. The third-order valence-corrected chi connectivity index (χ3v) is 5.92. The van der Waals surface area contributed by atoms with Gasteiger partial charge in [0.05, 0.1) is 29.7 Å². The van der Waals surface area contributed by atoms with E-state index in [4.69, 9.17) is 21.0 Å². The first-order valence-electron chi connectivity index (χ1n) is 12.0. The van der Waals surface area contributed by atoms with Crippen molar-refractivity contribution < 1.29 is 19.0 Å². The number of hydrogen-bond donors (Lipinski definition) is 1. The Labute approximate surface area is 206 Å². The summed E-state index contributed by atoms with van der Waals surface area (Å²) in [6, 6.07) is 16.4. The molecular formula is C28H32FN3O3. The van der Waals surface area contributed by atoms with Crippen molar-refractivity contribution in [3.05, 3.63) is 71.7 Å². The van der Waals surface area contributed by atoms with Crippen LogP contribution in [-0.4, -0.2) is 51.7 Å². The summed E-state index contributed by atoms with van der Waals surface area (Å²) < 4.78 is 27.9. The van der Waals surface area contributed by atoms with Crippen LogP contribution in [0.2, 0.25) is 0 Å². The molecule has 7 heteroatoms. The van der Waals surface area contributed by atoms with E-state index in [2.05, 4.69) is 24.7 Å². The minimum atomic E-state index is -0.674. The van der Waals surface area contributed by atoms with Crippen molar-refractivity contribution in [2.24, 2.45) is 0 Å². The van der Waals surface area contributed by atoms with Crippen molar-refractivity contribution in [1.82, 2.24) is 14.7 Å². The molecule has 2 aromatic carbocycles. The molecule has 1 saturated carbocycles. The van der Waals surface area contributed by atoms with E-state index in [9.17, 15) is 9.50 Å². The monoisotopic (exact) mass is 477 g/mol. The van der Waals surface area contributed by atoms with Crippen molar-refractivity contribution in [2.75, 3.05) is 19.8 Å². The number of para-hydroxylation sites is 2. The summed E-state index contributed by atoms with van der Waals surface area (Å²) in [4.78, 5) is 2.23. The molecule has 1 N–H and O–H groups in total. The molecule has 1 aliphatic carbocycles. The van der Waals surface area contributed by atoms with Gasteiger partial charge in [-0.1, -0.05) is 50.1 Å². The van der Waals surface area contributed by atoms with Crippen molar-refractivity contribution >= 4 is 0 Å². The second-order valence-electron chi connectivity index (χ2n) is 9.14. The Morgan fingerprint density at radius 3 is 2.54 bits per heavy atom. The number of aliphatic hydroxyl groups is 1. The number of hydrogen-bond acceptors (Lipinski definition) is 5. The van der Waals surface area contributed by atoms with E-state index in [1.54, 1.807) is 22.9 Å². The lowest BCUT2D eigenvalue weighted by molar-refractivity contribution is 0.0240. The van der Waals surface area contributed by atoms with Gasteiger partial charge in [-0.25, -0.2) is 9.07 Å². The van der Waals surface area contributed by atoms with Crippen LogP contribution in [0.25, 0.3) is 5.69 Å². The number of aliphatic hydroxyl groups excluding tert-OH is 1. The van der Waals surface area contributed by atoms with E-state index in [-0.39, 0.29) is 24.9 Å². The van der Waals surface area contributed by atoms with Crippen LogP contribution in [0.1, 0.15) is 43.9 Å². The van der Waals surface area contributed by atoms with E-state index in [0.717, 1.165) is 29.8 Å². The van der Waals surface area contributed by atoms with Crippen LogP contribution in [-0.2, 0) is 11.3 Å². The summed E-state index contributed by atoms with van der Waals surface area (Å²) in [5.41, 5.74) is 2.59. The molecule has 1 unspecified atom stereocenters. The summed E-state index contributed by atoms with van der Waals surface area (Å²) >= 11 is 0. The molecule has 1 atom stereocenters. The normalized spacial score (nSPS) is 14.3. The lowest BCUT2D eigenvalue weighted by Gasteiger charge is -2.25. The first-order chi connectivity index (χ1) is 17.0. The number of ether oxygens (including phenoxy) is 2. The largest absolute Gasteiger partial charge is 0.435 e. The van der Waals surface area contributed by atoms with Crippen molar-refractivity contribution in [3.63, 3.8) is 0 Å². The van der Waals surface area contributed by atoms with Crippen LogP contribution < -0.4 is 4.74 Å². The van der Waals surface area contributed by atoms with Crippen LogP contribution >= 0.6 is 0 Å². The third kappa shape index (κ3) is 6.29. The molecule has 35 heavy (non-hydrogen) atoms. The van der Waals surface area contributed by atoms with Gasteiger partial charge in [-0.15, -0.1) is 6.42 Å². The predicted octanol–water partition coefficient (Wildman–Crippen LogP) is 4.90. The predicted molar refractivity (Wildman–Crippen MR) is 133 cm³/mol. The van der Waals surface area contributed by atoms with Crippen LogP contribution in [0.5, 0.6) is 11.6 Å². The van der Waals surface area contributed by atoms with Crippen molar-refractivity contribution in [2.45, 2.75) is 51.3 Å². The molecular weight excluding hydrogens is 445 g/mol. The Kier molecular flexibility index (Phi) is 8.19. The summed E-state index contributed by atoms with van der Waals surface area (Å²) in [5.74, 6) is 2.71. The van der Waals surface area contributed by atoms with Gasteiger partial charge in [0, 0.05) is 19.1 Å². The lowest BCUT2D eigenvalue weighted by atomic mass is 10.1. The Balaban J connectivity index is 1.72. The van der Waals surface area contributed by atoms with Gasteiger partial charge in [0.1, 0.15) is 6.61 Å². The summed E-state index contributed by atoms with van der Waals surface area (Å²) in [6.45, 7) is 5.45. The van der Waals surface area contributed by atoms with E-state index >= 15 is 0 Å². The topological polar surface area (TPSA) is 59.8 Å². The Morgan fingerprint density at radius 2 is 1.89 bits per heavy atom. The molecule has 0 spiro atoms. The van der Waals surface area contributed by atoms with Crippen LogP contribution in [0.4, 0.5) is 4.39 Å². The maximum absolute atomic E-state index is 14.6. The fraction of sp³-hybridized carbons (Fsp3) is 0.393. The highest BCUT2D eigenvalue weighted by Gasteiger charge is 2.33. The zero-order chi connectivity index (χ0) is 24.8. The molecule has 0 radical (unpaired) electrons. The number of terminal acetylenes is 1. The number of rotatable bonds is 12. The minimum absolute atomic E-state index is 0.114. The summed E-state index contributed by atoms with van der Waals surface area (Å²) in [5, 5.41) is 15.5. The zero-order valence-corrected chi connectivity index (χ0v) is 20.2. The molecule has 6 nitrogen and oxygen atoms in total. The molecule has 1 heterocycles. The van der Waals surface area contributed by atoms with Gasteiger partial charge in [-0.2, -0.15) is 5.10 Å². The lowest BCUT2D eigenvalue weighted by Crippen LogP contribution is -2.36. The van der Waals surface area contributed by atoms with Gasteiger partial charge >= 0.3 is 0 Å². The van der Waals surface area contributed by atoms with Gasteiger partial charge in [0.25, 0.3) is 0 Å². The smallest absolute Gasteiger partial charge is 0.227 e. The van der Waals surface area contributed by atoms with Crippen molar-refractivity contribution in [3.8, 4) is 29.7 Å². The summed E-state index contributed by atoms with van der Waals surface area (Å²) in [6.07, 6.45) is 6.69. The average Bonchev–Trinajstić information content (AvgIpc) is 3.64. The Morgan fingerprint density at radius 1 is 1.17 bits per heavy atom. The molecule has 0 saturated heterocycles. The first-order valence-corrected chi connectivity index (χ1v) is 12.0. The fourth-order valence-corrected chi connectivity index (χ4v) is 4.11. The van der Waals surface area contributed by atoms with Crippen LogP contribution in [0.3, 0.4) is 0 Å². The Bertz CT molecular complexity index is 1150. The highest BCUT2D eigenvalue weighted by molar-refractivity contribution is 5.44. The third-order valence-electron chi connectivity index (χ3n) is 5.92. The fourth-order valence-electron chi connectivity index (χ4n) is 4.11. The van der Waals surface area contributed by atoms with Gasteiger partial charge in [-0.3, -0.25) is 4.90 Å². The molecule has 1 fully saturated rings. The molecule has 0 amide bonds. The van der Waals surface area contributed by atoms with Gasteiger partial charge in [0.15, 0.2) is 11.6 Å². The van der Waals surface area contributed by atoms with Gasteiger partial charge < -0.3 is 14.6 Å². The highest BCUT2D eigenvalue weighted by atomic mass is 19.1. The van der Waals surface area contributed by atoms with Crippen LogP contribution in [0.15, 0.2) is 54.6 Å². The zero-order valence-electron chi connectivity index (χ0n) is 20.2. The number of halogens is 1. The maximum Gasteiger partial charge on any atom is 0.227 e. The number of benzene rings is 2. The van der Waals surface area contributed by atoms with E-state index in [1.807, 2.05) is 30.3 Å². The number of aromatic nitrogens is 2. The molecule has 4 rings (SSSR count). The van der Waals surface area contributed by atoms with E-state index in [1.165, 1.54) is 6.07 Å². The first kappa shape index (κ1) is 24.9. The number of nitrogens with zero attached hydrogens (tertiary/aromatic N) is 3. The van der Waals surface area contributed by atoms with Crippen molar-refractivity contribution in [1.29, 1.82) is 0 Å². The standard InChI is InChI=1S/C28H32FN3O3/c1-4-16-34-19-23(33)17-31(21-14-15-21)18-24-27(20(2)3)30-32(22-10-6-5-7-11-22)28(24)35-26-13-9-8-12-25(26)29/h1,5-13,20-21,23,33H,14-19H2,2-3H3. The molecule has 0 aliphatic heterocycles. The van der Waals surface area contributed by atoms with Gasteiger partial charge in [-0.05, 0) is 43.0 Å².